The molecule has 1 aromatic rings. The summed E-state index contributed by atoms with van der Waals surface area (Å²) in [5, 5.41) is 16.8. The van der Waals surface area contributed by atoms with Gasteiger partial charge in [0.05, 0.1) is 39.1 Å². The Labute approximate surface area is 155 Å². The number of hydrogen-bond donors (Lipinski definition) is 3. The highest BCUT2D eigenvalue weighted by atomic mass is 16.5. The summed E-state index contributed by atoms with van der Waals surface area (Å²) in [5.41, 5.74) is 0.808. The number of aliphatic hydroxyl groups is 1. The van der Waals surface area contributed by atoms with Crippen molar-refractivity contribution in [1.29, 1.82) is 0 Å². The third-order valence-corrected chi connectivity index (χ3v) is 4.12. The molecule has 146 valence electrons. The van der Waals surface area contributed by atoms with E-state index in [0.717, 1.165) is 30.9 Å². The van der Waals surface area contributed by atoms with Gasteiger partial charge in [-0.3, -0.25) is 4.99 Å². The van der Waals surface area contributed by atoms with Gasteiger partial charge < -0.3 is 30.0 Å². The Kier molecular flexibility index (Phi) is 8.67. The Bertz CT molecular complexity index is 544. The fourth-order valence-corrected chi connectivity index (χ4v) is 2.63. The highest BCUT2D eigenvalue weighted by molar-refractivity contribution is 5.80. The molecule has 0 amide bonds. The van der Waals surface area contributed by atoms with Gasteiger partial charge in [0.2, 0.25) is 0 Å². The molecule has 1 aliphatic heterocycles. The molecule has 7 nitrogen and oxygen atoms in total. The minimum Gasteiger partial charge on any atom is -0.497 e. The molecule has 1 heterocycles. The first-order chi connectivity index (χ1) is 12.6. The third-order valence-electron chi connectivity index (χ3n) is 4.12. The van der Waals surface area contributed by atoms with Crippen molar-refractivity contribution in [2.24, 2.45) is 4.99 Å². The highest BCUT2D eigenvalue weighted by Gasteiger charge is 2.17. The van der Waals surface area contributed by atoms with E-state index < -0.39 is 6.10 Å². The van der Waals surface area contributed by atoms with E-state index in [2.05, 4.69) is 15.6 Å². The molecule has 0 spiro atoms. The molecular weight excluding hydrogens is 334 g/mol. The quantitative estimate of drug-likeness (QED) is 0.454. The first kappa shape index (κ1) is 20.5. The van der Waals surface area contributed by atoms with Crippen molar-refractivity contribution in [3.05, 3.63) is 29.8 Å². The number of methoxy groups -OCH3 is 1. The molecule has 3 N–H and O–H groups in total. The number of ether oxygens (including phenoxy) is 3. The smallest absolute Gasteiger partial charge is 0.191 e. The van der Waals surface area contributed by atoms with E-state index in [1.54, 1.807) is 7.11 Å². The molecule has 1 saturated heterocycles. The summed E-state index contributed by atoms with van der Waals surface area (Å²) < 4.78 is 16.3. The van der Waals surface area contributed by atoms with E-state index in [9.17, 15) is 5.11 Å². The first-order valence-electron chi connectivity index (χ1n) is 9.18. The molecule has 3 unspecified atom stereocenters. The average molecular weight is 365 g/mol. The number of aliphatic imine (C=N–C) groups is 1. The lowest BCUT2D eigenvalue weighted by molar-refractivity contribution is 0.0347. The predicted molar refractivity (Wildman–Crippen MR) is 102 cm³/mol. The van der Waals surface area contributed by atoms with Gasteiger partial charge in [-0.05, 0) is 38.0 Å². The molecule has 0 bridgehead atoms. The topological polar surface area (TPSA) is 84.3 Å². The molecule has 1 aromatic carbocycles. The van der Waals surface area contributed by atoms with Crippen LogP contribution in [0.3, 0.4) is 0 Å². The molecule has 1 aliphatic rings. The van der Waals surface area contributed by atoms with Crippen molar-refractivity contribution in [1.82, 2.24) is 10.6 Å². The molecule has 0 saturated carbocycles. The summed E-state index contributed by atoms with van der Waals surface area (Å²) in [7, 11) is 1.62. The van der Waals surface area contributed by atoms with E-state index in [4.69, 9.17) is 14.2 Å². The summed E-state index contributed by atoms with van der Waals surface area (Å²) in [6, 6.07) is 7.46. The van der Waals surface area contributed by atoms with Crippen LogP contribution in [0.4, 0.5) is 0 Å². The fraction of sp³-hybridized carbons (Fsp3) is 0.632. The minimum absolute atomic E-state index is 0.103. The van der Waals surface area contributed by atoms with Crippen LogP contribution in [0.5, 0.6) is 5.75 Å². The standard InChI is InChI=1S/C19H31N3O4/c1-4-20-19(22-14(2)12-26-17-9-10-25-13-17)21-11-18(23)15-5-7-16(24-3)8-6-15/h5-8,14,17-18,23H,4,9-13H2,1-3H3,(H2,20,21,22). The SMILES string of the molecule is CCNC(=NCC(O)c1ccc(OC)cc1)NC(C)COC1CCOC1. The lowest BCUT2D eigenvalue weighted by Gasteiger charge is -2.20. The normalized spacial score (nSPS) is 19.8. The predicted octanol–water partition coefficient (Wildman–Crippen LogP) is 1.48. The molecule has 0 aliphatic carbocycles. The van der Waals surface area contributed by atoms with Crippen molar-refractivity contribution >= 4 is 5.96 Å². The van der Waals surface area contributed by atoms with E-state index in [1.807, 2.05) is 38.1 Å². The van der Waals surface area contributed by atoms with Crippen molar-refractivity contribution in [2.75, 3.05) is 40.0 Å². The van der Waals surface area contributed by atoms with Crippen LogP contribution in [0, 0.1) is 0 Å². The number of nitrogens with zero attached hydrogens (tertiary/aromatic N) is 1. The molecule has 0 aromatic heterocycles. The summed E-state index contributed by atoms with van der Waals surface area (Å²) >= 11 is 0. The van der Waals surface area contributed by atoms with Gasteiger partial charge in [0.25, 0.3) is 0 Å². The van der Waals surface area contributed by atoms with Crippen LogP contribution in [0.1, 0.15) is 31.9 Å². The van der Waals surface area contributed by atoms with Gasteiger partial charge in [-0.25, -0.2) is 0 Å². The second-order valence-electron chi connectivity index (χ2n) is 6.37. The first-order valence-corrected chi connectivity index (χ1v) is 9.18. The number of rotatable bonds is 9. The molecule has 7 heteroatoms. The summed E-state index contributed by atoms with van der Waals surface area (Å²) in [4.78, 5) is 4.49. The van der Waals surface area contributed by atoms with Gasteiger partial charge in [0.1, 0.15) is 5.75 Å². The van der Waals surface area contributed by atoms with E-state index in [-0.39, 0.29) is 18.7 Å². The van der Waals surface area contributed by atoms with Gasteiger partial charge in [0.15, 0.2) is 5.96 Å². The Morgan fingerprint density at radius 3 is 2.77 bits per heavy atom. The van der Waals surface area contributed by atoms with Gasteiger partial charge in [-0.2, -0.15) is 0 Å². The second kappa shape index (κ2) is 11.0. The summed E-state index contributed by atoms with van der Waals surface area (Å²) in [6.07, 6.45) is 0.476. The maximum atomic E-state index is 10.3. The second-order valence-corrected chi connectivity index (χ2v) is 6.37. The van der Waals surface area contributed by atoms with Crippen molar-refractivity contribution in [3.8, 4) is 5.75 Å². The van der Waals surface area contributed by atoms with Crippen LogP contribution in [0.15, 0.2) is 29.3 Å². The van der Waals surface area contributed by atoms with Crippen LogP contribution in [0.25, 0.3) is 0 Å². The molecule has 1 fully saturated rings. The largest absolute Gasteiger partial charge is 0.497 e. The van der Waals surface area contributed by atoms with Crippen LogP contribution >= 0.6 is 0 Å². The number of guanidine groups is 1. The van der Waals surface area contributed by atoms with E-state index in [0.29, 0.717) is 19.2 Å². The Morgan fingerprint density at radius 1 is 1.38 bits per heavy atom. The molecule has 0 radical (unpaired) electrons. The van der Waals surface area contributed by atoms with Gasteiger partial charge in [-0.1, -0.05) is 12.1 Å². The van der Waals surface area contributed by atoms with Crippen molar-refractivity contribution in [2.45, 2.75) is 38.5 Å². The maximum Gasteiger partial charge on any atom is 0.191 e. The molecule has 3 atom stereocenters. The average Bonchev–Trinajstić information content (AvgIpc) is 3.18. The van der Waals surface area contributed by atoms with Crippen LogP contribution < -0.4 is 15.4 Å². The van der Waals surface area contributed by atoms with Gasteiger partial charge in [0, 0.05) is 19.2 Å². The monoisotopic (exact) mass is 365 g/mol. The maximum absolute atomic E-state index is 10.3. The van der Waals surface area contributed by atoms with Crippen LogP contribution in [-0.4, -0.2) is 63.2 Å². The molecule has 26 heavy (non-hydrogen) atoms. The number of benzene rings is 1. The number of nitrogens with one attached hydrogen (secondary N) is 2. The van der Waals surface area contributed by atoms with E-state index in [1.165, 1.54) is 0 Å². The third kappa shape index (κ3) is 6.82. The van der Waals surface area contributed by atoms with Gasteiger partial charge >= 0.3 is 0 Å². The van der Waals surface area contributed by atoms with E-state index >= 15 is 0 Å². The van der Waals surface area contributed by atoms with Crippen molar-refractivity contribution in [3.63, 3.8) is 0 Å². The zero-order chi connectivity index (χ0) is 18.8. The Balaban J connectivity index is 1.83. The Morgan fingerprint density at radius 2 is 2.15 bits per heavy atom. The van der Waals surface area contributed by atoms with Crippen LogP contribution in [-0.2, 0) is 9.47 Å². The lowest BCUT2D eigenvalue weighted by atomic mass is 10.1. The highest BCUT2D eigenvalue weighted by Crippen LogP contribution is 2.17. The summed E-state index contributed by atoms with van der Waals surface area (Å²) in [6.45, 7) is 7.10. The Hall–Kier alpha value is -1.83. The fourth-order valence-electron chi connectivity index (χ4n) is 2.63. The zero-order valence-electron chi connectivity index (χ0n) is 15.9. The minimum atomic E-state index is -0.668. The summed E-state index contributed by atoms with van der Waals surface area (Å²) in [5.74, 6) is 1.43. The van der Waals surface area contributed by atoms with Gasteiger partial charge in [-0.15, -0.1) is 0 Å². The zero-order valence-corrected chi connectivity index (χ0v) is 15.9. The lowest BCUT2D eigenvalue weighted by Crippen LogP contribution is -2.44. The molecular formula is C19H31N3O4. The van der Waals surface area contributed by atoms with Crippen molar-refractivity contribution < 1.29 is 19.3 Å². The van der Waals surface area contributed by atoms with Crippen LogP contribution in [0.2, 0.25) is 0 Å². The number of aliphatic hydroxyl groups excluding tert-OH is 1. The number of hydrogen-bond acceptors (Lipinski definition) is 5. The molecule has 2 rings (SSSR count).